The molecule has 0 aromatic heterocycles. The zero-order valence-electron chi connectivity index (χ0n) is 10.9. The normalized spacial score (nSPS) is 24.4. The fraction of sp³-hybridized carbons (Fsp3) is 0.917. The summed E-state index contributed by atoms with van der Waals surface area (Å²) >= 11 is 0. The minimum atomic E-state index is -3.08. The van der Waals surface area contributed by atoms with Crippen LogP contribution in [0.2, 0.25) is 0 Å². The van der Waals surface area contributed by atoms with Crippen molar-refractivity contribution in [2.75, 3.05) is 25.4 Å². The van der Waals surface area contributed by atoms with Crippen LogP contribution in [0.3, 0.4) is 0 Å². The van der Waals surface area contributed by atoms with E-state index in [1.165, 1.54) is 0 Å². The SMILES string of the molecule is CCCCS(=O)(=O)N1CCC2(CC1)CNC(=O)C2. The first kappa shape index (κ1) is 13.8. The Morgan fingerprint density at radius 2 is 2.00 bits per heavy atom. The molecule has 1 amide bonds. The monoisotopic (exact) mass is 274 g/mol. The number of hydrogen-bond acceptors (Lipinski definition) is 3. The molecule has 2 rings (SSSR count). The molecule has 0 radical (unpaired) electrons. The van der Waals surface area contributed by atoms with Crippen LogP contribution in [0, 0.1) is 5.41 Å². The van der Waals surface area contributed by atoms with Crippen LogP contribution in [0.4, 0.5) is 0 Å². The number of nitrogens with one attached hydrogen (secondary N) is 1. The van der Waals surface area contributed by atoms with Gasteiger partial charge in [0, 0.05) is 26.1 Å². The van der Waals surface area contributed by atoms with Crippen LogP contribution >= 0.6 is 0 Å². The first-order valence-electron chi connectivity index (χ1n) is 6.72. The molecule has 104 valence electrons. The second-order valence-electron chi connectivity index (χ2n) is 5.52. The van der Waals surface area contributed by atoms with Crippen molar-refractivity contribution >= 4 is 15.9 Å². The summed E-state index contributed by atoms with van der Waals surface area (Å²) in [6.45, 7) is 3.85. The Bertz CT molecular complexity index is 411. The highest BCUT2D eigenvalue weighted by Crippen LogP contribution is 2.38. The van der Waals surface area contributed by atoms with E-state index in [1.807, 2.05) is 6.92 Å². The Balaban J connectivity index is 1.92. The summed E-state index contributed by atoms with van der Waals surface area (Å²) in [7, 11) is -3.08. The lowest BCUT2D eigenvalue weighted by atomic mass is 9.78. The quantitative estimate of drug-likeness (QED) is 0.821. The minimum absolute atomic E-state index is 0.0217. The van der Waals surface area contributed by atoms with Crippen molar-refractivity contribution < 1.29 is 13.2 Å². The second-order valence-corrected chi connectivity index (χ2v) is 7.61. The minimum Gasteiger partial charge on any atom is -0.356 e. The smallest absolute Gasteiger partial charge is 0.220 e. The Hall–Kier alpha value is -0.620. The maximum absolute atomic E-state index is 12.1. The molecule has 2 aliphatic heterocycles. The molecular weight excluding hydrogens is 252 g/mol. The number of piperidine rings is 1. The molecule has 0 aromatic carbocycles. The molecule has 0 bridgehead atoms. The Morgan fingerprint density at radius 3 is 2.50 bits per heavy atom. The number of carbonyl (C=O) groups excluding carboxylic acids is 1. The number of hydrogen-bond donors (Lipinski definition) is 1. The number of carbonyl (C=O) groups is 1. The maximum atomic E-state index is 12.1. The van der Waals surface area contributed by atoms with Crippen LogP contribution in [-0.2, 0) is 14.8 Å². The molecule has 2 saturated heterocycles. The molecular formula is C12H22N2O3S. The van der Waals surface area contributed by atoms with Gasteiger partial charge in [0.1, 0.15) is 0 Å². The van der Waals surface area contributed by atoms with E-state index in [1.54, 1.807) is 4.31 Å². The highest BCUT2D eigenvalue weighted by Gasteiger charge is 2.42. The molecule has 2 aliphatic rings. The molecule has 2 fully saturated rings. The van der Waals surface area contributed by atoms with Crippen LogP contribution < -0.4 is 5.32 Å². The lowest BCUT2D eigenvalue weighted by molar-refractivity contribution is -0.119. The third kappa shape index (κ3) is 2.85. The summed E-state index contributed by atoms with van der Waals surface area (Å²) in [5, 5.41) is 2.86. The van der Waals surface area contributed by atoms with Gasteiger partial charge in [-0.25, -0.2) is 12.7 Å². The average molecular weight is 274 g/mol. The van der Waals surface area contributed by atoms with E-state index in [-0.39, 0.29) is 17.1 Å². The van der Waals surface area contributed by atoms with E-state index < -0.39 is 10.0 Å². The van der Waals surface area contributed by atoms with Crippen LogP contribution in [0.25, 0.3) is 0 Å². The molecule has 0 unspecified atom stereocenters. The van der Waals surface area contributed by atoms with E-state index >= 15 is 0 Å². The van der Waals surface area contributed by atoms with Gasteiger partial charge < -0.3 is 5.32 Å². The van der Waals surface area contributed by atoms with Crippen LogP contribution in [0.15, 0.2) is 0 Å². The molecule has 5 nitrogen and oxygen atoms in total. The standard InChI is InChI=1S/C12H22N2O3S/c1-2-3-8-18(16,17)14-6-4-12(5-7-14)9-11(15)13-10-12/h2-10H2,1H3,(H,13,15). The molecule has 6 heteroatoms. The van der Waals surface area contributed by atoms with Gasteiger partial charge in [-0.1, -0.05) is 13.3 Å². The predicted octanol–water partition coefficient (Wildman–Crippen LogP) is 0.718. The van der Waals surface area contributed by atoms with Crippen molar-refractivity contribution in [3.8, 4) is 0 Å². The van der Waals surface area contributed by atoms with E-state index in [0.29, 0.717) is 26.1 Å². The molecule has 1 spiro atoms. The van der Waals surface area contributed by atoms with Crippen molar-refractivity contribution in [3.05, 3.63) is 0 Å². The largest absolute Gasteiger partial charge is 0.356 e. The van der Waals surface area contributed by atoms with Crippen LogP contribution in [0.5, 0.6) is 0 Å². The Labute approximate surface area is 109 Å². The van der Waals surface area contributed by atoms with Gasteiger partial charge in [0.25, 0.3) is 0 Å². The number of nitrogens with zero attached hydrogens (tertiary/aromatic N) is 1. The van der Waals surface area contributed by atoms with Crippen molar-refractivity contribution in [1.82, 2.24) is 9.62 Å². The Morgan fingerprint density at radius 1 is 1.33 bits per heavy atom. The lowest BCUT2D eigenvalue weighted by Crippen LogP contribution is -2.44. The first-order valence-corrected chi connectivity index (χ1v) is 8.33. The predicted molar refractivity (Wildman–Crippen MR) is 69.6 cm³/mol. The van der Waals surface area contributed by atoms with Gasteiger partial charge in [0.2, 0.25) is 15.9 Å². The molecule has 18 heavy (non-hydrogen) atoms. The van der Waals surface area contributed by atoms with Gasteiger partial charge in [-0.05, 0) is 24.7 Å². The number of amides is 1. The number of rotatable bonds is 4. The van der Waals surface area contributed by atoms with Crippen LogP contribution in [0.1, 0.15) is 39.0 Å². The fourth-order valence-electron chi connectivity index (χ4n) is 2.80. The second kappa shape index (κ2) is 5.17. The third-order valence-electron chi connectivity index (χ3n) is 4.13. The molecule has 0 aromatic rings. The van der Waals surface area contributed by atoms with Gasteiger partial charge in [0.05, 0.1) is 5.75 Å². The summed E-state index contributed by atoms with van der Waals surface area (Å²) in [6, 6.07) is 0. The van der Waals surface area contributed by atoms with E-state index in [9.17, 15) is 13.2 Å². The van der Waals surface area contributed by atoms with Gasteiger partial charge in [-0.2, -0.15) is 0 Å². The summed E-state index contributed by atoms with van der Waals surface area (Å²) in [5.74, 6) is 0.366. The van der Waals surface area contributed by atoms with Crippen molar-refractivity contribution in [3.63, 3.8) is 0 Å². The van der Waals surface area contributed by atoms with Crippen molar-refractivity contribution in [2.24, 2.45) is 5.41 Å². The van der Waals surface area contributed by atoms with Gasteiger partial charge >= 0.3 is 0 Å². The summed E-state index contributed by atoms with van der Waals surface area (Å²) in [6.07, 6.45) is 3.80. The fourth-order valence-corrected chi connectivity index (χ4v) is 4.45. The summed E-state index contributed by atoms with van der Waals surface area (Å²) in [4.78, 5) is 11.3. The number of sulfonamides is 1. The molecule has 0 saturated carbocycles. The molecule has 1 N–H and O–H groups in total. The maximum Gasteiger partial charge on any atom is 0.220 e. The summed E-state index contributed by atoms with van der Waals surface area (Å²) < 4.78 is 25.7. The highest BCUT2D eigenvalue weighted by molar-refractivity contribution is 7.89. The molecule has 0 atom stereocenters. The molecule has 2 heterocycles. The third-order valence-corrected chi connectivity index (χ3v) is 6.08. The highest BCUT2D eigenvalue weighted by atomic mass is 32.2. The molecule has 0 aliphatic carbocycles. The topological polar surface area (TPSA) is 66.5 Å². The lowest BCUT2D eigenvalue weighted by Gasteiger charge is -2.37. The van der Waals surface area contributed by atoms with E-state index in [2.05, 4.69) is 5.32 Å². The number of unbranched alkanes of at least 4 members (excludes halogenated alkanes) is 1. The van der Waals surface area contributed by atoms with E-state index in [0.717, 1.165) is 25.7 Å². The van der Waals surface area contributed by atoms with Gasteiger partial charge in [0.15, 0.2) is 0 Å². The first-order chi connectivity index (χ1) is 8.47. The average Bonchev–Trinajstić information content (AvgIpc) is 2.69. The van der Waals surface area contributed by atoms with E-state index in [4.69, 9.17) is 0 Å². The van der Waals surface area contributed by atoms with Crippen LogP contribution in [-0.4, -0.2) is 44.0 Å². The van der Waals surface area contributed by atoms with Crippen molar-refractivity contribution in [2.45, 2.75) is 39.0 Å². The van der Waals surface area contributed by atoms with Gasteiger partial charge in [-0.15, -0.1) is 0 Å². The zero-order chi connectivity index (χ0) is 13.2. The summed E-state index contributed by atoms with van der Waals surface area (Å²) in [5.41, 5.74) is 0.0217. The van der Waals surface area contributed by atoms with Crippen molar-refractivity contribution in [1.29, 1.82) is 0 Å². The Kier molecular flexibility index (Phi) is 3.96. The zero-order valence-corrected chi connectivity index (χ0v) is 11.8. The van der Waals surface area contributed by atoms with Gasteiger partial charge in [-0.3, -0.25) is 4.79 Å².